The van der Waals surface area contributed by atoms with Crippen molar-refractivity contribution < 1.29 is 4.79 Å². The van der Waals surface area contributed by atoms with E-state index < -0.39 is 0 Å². The van der Waals surface area contributed by atoms with Gasteiger partial charge in [0.25, 0.3) is 5.91 Å². The van der Waals surface area contributed by atoms with Crippen molar-refractivity contribution in [3.05, 3.63) is 27.7 Å². The molecule has 0 spiro atoms. The van der Waals surface area contributed by atoms with Crippen molar-refractivity contribution in [3.8, 4) is 0 Å². The highest BCUT2D eigenvalue weighted by atomic mass is 35.5. The first-order valence-electron chi connectivity index (χ1n) is 7.18. The molecule has 1 aliphatic heterocycles. The molecule has 0 bridgehead atoms. The predicted molar refractivity (Wildman–Crippen MR) is 88.1 cm³/mol. The van der Waals surface area contributed by atoms with Crippen LogP contribution in [-0.2, 0) is 0 Å². The number of carbonyl (C=O) groups excluding carboxylic acids is 1. The number of halogens is 2. The molecule has 0 aromatic heterocycles. The van der Waals surface area contributed by atoms with E-state index in [4.69, 9.17) is 28.9 Å². The van der Waals surface area contributed by atoms with Crippen molar-refractivity contribution in [2.24, 2.45) is 0 Å². The summed E-state index contributed by atoms with van der Waals surface area (Å²) in [7, 11) is 1.81. The second-order valence-electron chi connectivity index (χ2n) is 5.47. The number of benzene rings is 1. The van der Waals surface area contributed by atoms with Crippen LogP contribution in [0.2, 0.25) is 10.0 Å². The molecule has 2 rings (SSSR count). The fourth-order valence-electron chi connectivity index (χ4n) is 2.87. The van der Waals surface area contributed by atoms with E-state index in [0.717, 1.165) is 19.5 Å². The molecule has 1 saturated heterocycles. The van der Waals surface area contributed by atoms with E-state index in [2.05, 4.69) is 11.8 Å². The van der Waals surface area contributed by atoms with E-state index in [1.807, 2.05) is 7.05 Å². The third-order valence-corrected chi connectivity index (χ3v) is 4.86. The maximum Gasteiger partial charge on any atom is 0.253 e. The van der Waals surface area contributed by atoms with Gasteiger partial charge in [0.05, 0.1) is 15.7 Å². The first-order chi connectivity index (χ1) is 9.93. The Morgan fingerprint density at radius 3 is 2.81 bits per heavy atom. The van der Waals surface area contributed by atoms with Gasteiger partial charge in [-0.1, -0.05) is 30.1 Å². The lowest BCUT2D eigenvalue weighted by Crippen LogP contribution is -2.41. The number of hydrogen-bond acceptors (Lipinski definition) is 3. The smallest absolute Gasteiger partial charge is 0.253 e. The number of hydrogen-bond donors (Lipinski definition) is 1. The molecule has 1 heterocycles. The molecule has 4 nitrogen and oxygen atoms in total. The Hall–Kier alpha value is -0.970. The van der Waals surface area contributed by atoms with Gasteiger partial charge < -0.3 is 10.6 Å². The van der Waals surface area contributed by atoms with Crippen LogP contribution >= 0.6 is 23.2 Å². The van der Waals surface area contributed by atoms with Gasteiger partial charge in [0.2, 0.25) is 0 Å². The Morgan fingerprint density at radius 2 is 2.19 bits per heavy atom. The monoisotopic (exact) mass is 329 g/mol. The fraction of sp³-hybridized carbons (Fsp3) is 0.533. The summed E-state index contributed by atoms with van der Waals surface area (Å²) in [6, 6.07) is 3.59. The third kappa shape index (κ3) is 3.62. The zero-order valence-corrected chi connectivity index (χ0v) is 13.9. The van der Waals surface area contributed by atoms with Crippen molar-refractivity contribution in [2.75, 3.05) is 32.4 Å². The minimum atomic E-state index is -0.0804. The van der Waals surface area contributed by atoms with Crippen LogP contribution in [0.4, 0.5) is 5.69 Å². The summed E-state index contributed by atoms with van der Waals surface area (Å²) >= 11 is 11.9. The molecule has 2 N–H and O–H groups in total. The second-order valence-corrected chi connectivity index (χ2v) is 6.26. The molecule has 1 unspecified atom stereocenters. The average Bonchev–Trinajstić information content (AvgIpc) is 2.90. The van der Waals surface area contributed by atoms with Crippen molar-refractivity contribution in [3.63, 3.8) is 0 Å². The molecule has 6 heteroatoms. The SMILES string of the molecule is CCN1CCCC1CN(C)C(=O)c1cc(N)c(Cl)c(Cl)c1. The van der Waals surface area contributed by atoms with Gasteiger partial charge in [-0.2, -0.15) is 0 Å². The van der Waals surface area contributed by atoms with E-state index >= 15 is 0 Å². The van der Waals surface area contributed by atoms with Crippen LogP contribution in [0.1, 0.15) is 30.1 Å². The van der Waals surface area contributed by atoms with E-state index in [-0.39, 0.29) is 5.91 Å². The Kier molecular flexibility index (Phi) is 5.36. The quantitative estimate of drug-likeness (QED) is 0.863. The second kappa shape index (κ2) is 6.86. The predicted octanol–water partition coefficient (Wildman–Crippen LogP) is 3.13. The van der Waals surface area contributed by atoms with Crippen LogP contribution in [0.15, 0.2) is 12.1 Å². The number of carbonyl (C=O) groups is 1. The maximum absolute atomic E-state index is 12.5. The van der Waals surface area contributed by atoms with E-state index in [9.17, 15) is 4.79 Å². The molecule has 1 amide bonds. The Labute approximate surface area is 135 Å². The summed E-state index contributed by atoms with van der Waals surface area (Å²) in [5, 5.41) is 0.605. The van der Waals surface area contributed by atoms with Gasteiger partial charge in [-0.25, -0.2) is 0 Å². The first-order valence-corrected chi connectivity index (χ1v) is 7.93. The summed E-state index contributed by atoms with van der Waals surface area (Å²) in [5.74, 6) is -0.0804. The Balaban J connectivity index is 2.09. The molecular formula is C15H21Cl2N3O. The van der Waals surface area contributed by atoms with Gasteiger partial charge in [-0.3, -0.25) is 9.69 Å². The van der Waals surface area contributed by atoms with Gasteiger partial charge in [0.15, 0.2) is 0 Å². The Morgan fingerprint density at radius 1 is 1.48 bits per heavy atom. The summed E-state index contributed by atoms with van der Waals surface area (Å²) in [6.45, 7) is 5.00. The highest BCUT2D eigenvalue weighted by molar-refractivity contribution is 6.43. The van der Waals surface area contributed by atoms with Gasteiger partial charge >= 0.3 is 0 Å². The molecule has 1 aromatic carbocycles. The maximum atomic E-state index is 12.5. The van der Waals surface area contributed by atoms with E-state index in [1.54, 1.807) is 17.0 Å². The summed E-state index contributed by atoms with van der Waals surface area (Å²) in [4.78, 5) is 16.6. The zero-order chi connectivity index (χ0) is 15.6. The van der Waals surface area contributed by atoms with Crippen LogP contribution in [0.5, 0.6) is 0 Å². The lowest BCUT2D eigenvalue weighted by atomic mass is 10.1. The van der Waals surface area contributed by atoms with Crippen LogP contribution < -0.4 is 5.73 Å². The normalized spacial score (nSPS) is 19.0. The van der Waals surface area contributed by atoms with Crippen molar-refractivity contribution in [1.29, 1.82) is 0 Å². The minimum Gasteiger partial charge on any atom is -0.397 e. The molecule has 0 aliphatic carbocycles. The molecule has 0 saturated carbocycles. The summed E-state index contributed by atoms with van der Waals surface area (Å²) in [6.07, 6.45) is 2.33. The minimum absolute atomic E-state index is 0.0804. The van der Waals surface area contributed by atoms with Gasteiger partial charge in [-0.15, -0.1) is 0 Å². The topological polar surface area (TPSA) is 49.6 Å². The number of likely N-dealkylation sites (N-methyl/N-ethyl adjacent to an activating group) is 2. The largest absolute Gasteiger partial charge is 0.397 e. The lowest BCUT2D eigenvalue weighted by molar-refractivity contribution is 0.0754. The van der Waals surface area contributed by atoms with Gasteiger partial charge in [0, 0.05) is 25.2 Å². The zero-order valence-electron chi connectivity index (χ0n) is 12.4. The summed E-state index contributed by atoms with van der Waals surface area (Å²) < 4.78 is 0. The standard InChI is InChI=1S/C15H21Cl2N3O/c1-3-20-6-4-5-11(20)9-19(2)15(21)10-7-12(16)14(17)13(18)8-10/h7-8,11H,3-6,9,18H2,1-2H3. The van der Waals surface area contributed by atoms with Crippen LogP contribution in [0.25, 0.3) is 0 Å². The van der Waals surface area contributed by atoms with E-state index in [1.165, 1.54) is 6.42 Å². The molecule has 1 aliphatic rings. The number of amides is 1. The average molecular weight is 330 g/mol. The van der Waals surface area contributed by atoms with Crippen molar-refractivity contribution in [1.82, 2.24) is 9.80 Å². The molecule has 0 radical (unpaired) electrons. The molecular weight excluding hydrogens is 309 g/mol. The lowest BCUT2D eigenvalue weighted by Gasteiger charge is -2.28. The number of rotatable bonds is 4. The molecule has 1 aromatic rings. The molecule has 1 atom stereocenters. The number of anilines is 1. The summed E-state index contributed by atoms with van der Waals surface area (Å²) in [5.41, 5.74) is 6.58. The van der Waals surface area contributed by atoms with Crippen LogP contribution in [0, 0.1) is 0 Å². The highest BCUT2D eigenvalue weighted by Gasteiger charge is 2.26. The number of nitrogens with two attached hydrogens (primary N) is 1. The van der Waals surface area contributed by atoms with Crippen molar-refractivity contribution >= 4 is 34.8 Å². The van der Waals surface area contributed by atoms with Gasteiger partial charge in [-0.05, 0) is 38.1 Å². The first kappa shape index (κ1) is 16.4. The van der Waals surface area contributed by atoms with E-state index in [0.29, 0.717) is 33.9 Å². The van der Waals surface area contributed by atoms with Crippen LogP contribution in [-0.4, -0.2) is 48.4 Å². The number of likely N-dealkylation sites (tertiary alicyclic amines) is 1. The van der Waals surface area contributed by atoms with Crippen molar-refractivity contribution in [2.45, 2.75) is 25.8 Å². The third-order valence-electron chi connectivity index (χ3n) is 4.04. The highest BCUT2D eigenvalue weighted by Crippen LogP contribution is 2.30. The fourth-order valence-corrected chi connectivity index (χ4v) is 3.21. The molecule has 1 fully saturated rings. The van der Waals surface area contributed by atoms with Crippen LogP contribution in [0.3, 0.4) is 0 Å². The Bertz CT molecular complexity index is 513. The van der Waals surface area contributed by atoms with Gasteiger partial charge in [0.1, 0.15) is 0 Å². The number of nitrogen functional groups attached to an aromatic ring is 1. The number of nitrogens with zero attached hydrogens (tertiary/aromatic N) is 2. The molecule has 116 valence electrons. The molecule has 21 heavy (non-hydrogen) atoms.